The number of hydrogen-bond acceptors (Lipinski definition) is 28. The minimum absolute atomic E-state index is 0.0200. The highest BCUT2D eigenvalue weighted by molar-refractivity contribution is 7.82. The molecule has 1 unspecified atom stereocenters. The van der Waals surface area contributed by atoms with E-state index in [1.807, 2.05) is 14.1 Å². The van der Waals surface area contributed by atoms with Gasteiger partial charge in [-0.3, -0.25) is 24.1 Å². The van der Waals surface area contributed by atoms with Crippen LogP contribution in [0.4, 0.5) is 0 Å². The number of ketones is 3. The second kappa shape index (κ2) is 31.3. The van der Waals surface area contributed by atoms with E-state index in [1.54, 1.807) is 19.1 Å². The van der Waals surface area contributed by atoms with Gasteiger partial charge >= 0.3 is 10.4 Å². The molecule has 0 radical (unpaired) electrons. The van der Waals surface area contributed by atoms with Gasteiger partial charge in [-0.05, 0) is 67.4 Å². The molecule has 33 heteroatoms. The molecule has 2 aliphatic carbocycles. The van der Waals surface area contributed by atoms with Gasteiger partial charge in [-0.15, -0.1) is 8.42 Å². The Morgan fingerprint density at radius 2 is 1.57 bits per heavy atom. The van der Waals surface area contributed by atoms with Gasteiger partial charge in [0.1, 0.15) is 65.7 Å². The number of amides is 1. The van der Waals surface area contributed by atoms with Crippen molar-refractivity contribution in [3.63, 3.8) is 0 Å². The molecule has 6 aliphatic rings. The molecule has 13 atom stereocenters. The van der Waals surface area contributed by atoms with Crippen molar-refractivity contribution in [1.29, 1.82) is 0 Å². The van der Waals surface area contributed by atoms with Gasteiger partial charge in [0.2, 0.25) is 12.1 Å². The van der Waals surface area contributed by atoms with Gasteiger partial charge < -0.3 is 106 Å². The van der Waals surface area contributed by atoms with E-state index in [0.717, 1.165) is 12.1 Å². The van der Waals surface area contributed by atoms with E-state index in [1.165, 1.54) is 50.6 Å². The van der Waals surface area contributed by atoms with Crippen LogP contribution in [0.2, 0.25) is 0 Å². The Bertz CT molecular complexity index is 3670. The van der Waals surface area contributed by atoms with Crippen molar-refractivity contribution >= 4 is 33.7 Å². The molecule has 4 fully saturated rings. The lowest BCUT2D eigenvalue weighted by Crippen LogP contribution is -2.60. The van der Waals surface area contributed by atoms with E-state index in [4.69, 9.17) is 66.0 Å². The number of methoxy groups -OCH3 is 2. The number of aromatic hydroxyl groups is 2. The van der Waals surface area contributed by atoms with Crippen LogP contribution in [0.3, 0.4) is 0 Å². The summed E-state index contributed by atoms with van der Waals surface area (Å²) in [4.78, 5) is 61.4. The Labute approximate surface area is 557 Å². The highest BCUT2D eigenvalue weighted by atomic mass is 32.3. The predicted octanol–water partition coefficient (Wildman–Crippen LogP) is 1.75. The number of likely N-dealkylation sites (N-methyl/N-ethyl adjacent to an activating group) is 1. The number of phenolic OH excluding ortho intramolecular Hbond substituents is 2. The average molecular weight is 1380 g/mol. The number of aliphatic hydroxyl groups is 5. The number of nitrogens with one attached hydrogen (secondary N) is 1. The van der Waals surface area contributed by atoms with Crippen molar-refractivity contribution in [2.45, 2.75) is 125 Å². The van der Waals surface area contributed by atoms with Crippen molar-refractivity contribution in [1.82, 2.24) is 10.2 Å². The summed E-state index contributed by atoms with van der Waals surface area (Å²) in [6, 6.07) is 13.5. The summed E-state index contributed by atoms with van der Waals surface area (Å²) >= 11 is 0. The number of nitrogens with zero attached hydrogens (tertiary/aromatic N) is 5. The minimum Gasteiger partial charge on any atom is -0.507 e. The van der Waals surface area contributed by atoms with Crippen molar-refractivity contribution in [3.8, 4) is 34.5 Å². The van der Waals surface area contributed by atoms with Crippen LogP contribution in [0, 0.1) is 0 Å². The molecule has 0 aromatic heterocycles. The number of rotatable bonds is 31. The molecule has 1 amide bonds. The van der Waals surface area contributed by atoms with Gasteiger partial charge in [0, 0.05) is 91.3 Å². The van der Waals surface area contributed by atoms with E-state index in [0.29, 0.717) is 31.9 Å². The molecule has 10 rings (SSSR count). The summed E-state index contributed by atoms with van der Waals surface area (Å²) in [5.41, 5.74) is 5.12. The van der Waals surface area contributed by atoms with Crippen LogP contribution < -0.4 is 23.2 Å². The molecule has 8 N–H and O–H groups in total. The highest BCUT2D eigenvalue weighted by Crippen LogP contribution is 2.53. The first-order chi connectivity index (χ1) is 46.4. The van der Waals surface area contributed by atoms with Crippen LogP contribution >= 0.6 is 0 Å². The fourth-order valence-electron chi connectivity index (χ4n) is 12.9. The Kier molecular flexibility index (Phi) is 23.4. The fraction of sp³-hybridized carbons (Fsp3) is 0.562. The summed E-state index contributed by atoms with van der Waals surface area (Å²) in [5, 5.41) is 84.5. The molecule has 4 aromatic carbocycles. The third-order valence-electron chi connectivity index (χ3n) is 17.7. The number of aliphatic hydroxyl groups excluding tert-OH is 4. The number of azide groups is 1. The van der Waals surface area contributed by atoms with Gasteiger partial charge in [0.15, 0.2) is 41.9 Å². The molecule has 4 saturated heterocycles. The summed E-state index contributed by atoms with van der Waals surface area (Å²) < 4.78 is 102. The zero-order chi connectivity index (χ0) is 69.5. The standard InChI is InChI=1S/C64H80N6O26S/c1-34-59-40(69-19-23-89-62(85-5)60(69)94-59)29-47(90-34)91-45-31-64(81,30-39-49(45)56(77)51-50(53(39)74)52(73)38-8-6-10-43(84-4)48(38)55(51)76)63(80)66-17-20-70(2,3)32-35-11-14-37(15-12-35)95-97(82,83)96-44-28-36(13-16-42(44)92-61-58(79)57(78)54(75)46(33-71)93-61)41(72)9-7-21-86-24-26-88-27-25-87-22-18-67-68-65/h6,8,10-16,28,34,40,45-47,54,57-62,71,75,78-79,81H,7,9,17-27,29-33H2,1-5H3,(H2-,66,73,74,76,77,80)/p+1/t34-,40-,45-,46+,47-,54-,57-,58+,59+,60+,61?,62-,64-/m0/s1. The third-order valence-corrected chi connectivity index (χ3v) is 18.5. The van der Waals surface area contributed by atoms with Gasteiger partial charge in [-0.2, -0.15) is 0 Å². The number of carbonyl (C=O) groups is 4. The van der Waals surface area contributed by atoms with Crippen LogP contribution in [-0.2, 0) is 70.8 Å². The summed E-state index contributed by atoms with van der Waals surface area (Å²) in [7, 11) is 1.48. The van der Waals surface area contributed by atoms with Crippen LogP contribution in [0.5, 0.6) is 34.5 Å². The van der Waals surface area contributed by atoms with Crippen LogP contribution in [0.1, 0.15) is 97.6 Å². The topological polar surface area (TPSA) is 428 Å². The van der Waals surface area contributed by atoms with Crippen molar-refractivity contribution < 1.29 is 128 Å². The van der Waals surface area contributed by atoms with E-state index in [-0.39, 0.29) is 122 Å². The number of carbonyl (C=O) groups excluding carboxylic acids is 4. The largest absolute Gasteiger partial charge is 0.507 e. The number of Topliss-reactive ketones (excluding diaryl/α,β-unsaturated/α-hetero) is 1. The maximum Gasteiger partial charge on any atom is 0.501 e. The highest BCUT2D eigenvalue weighted by Gasteiger charge is 2.56. The molecule has 528 valence electrons. The molecule has 4 heterocycles. The van der Waals surface area contributed by atoms with E-state index < -0.39 is 161 Å². The van der Waals surface area contributed by atoms with E-state index in [9.17, 15) is 63.3 Å². The maximum atomic E-state index is 14.5. The lowest BCUT2D eigenvalue weighted by molar-refractivity contribution is -0.902. The van der Waals surface area contributed by atoms with Crippen molar-refractivity contribution in [2.24, 2.45) is 5.11 Å². The van der Waals surface area contributed by atoms with Gasteiger partial charge in [0.25, 0.3) is 5.91 Å². The van der Waals surface area contributed by atoms with E-state index >= 15 is 0 Å². The molecule has 97 heavy (non-hydrogen) atoms. The van der Waals surface area contributed by atoms with Gasteiger partial charge in [0.05, 0.1) is 109 Å². The lowest BCUT2D eigenvalue weighted by Gasteiger charge is -2.43. The fourth-order valence-corrected chi connectivity index (χ4v) is 13.6. The smallest absolute Gasteiger partial charge is 0.501 e. The number of morpholine rings is 1. The van der Waals surface area contributed by atoms with Gasteiger partial charge in [-0.25, -0.2) is 0 Å². The van der Waals surface area contributed by atoms with Crippen molar-refractivity contribution in [2.75, 3.05) is 107 Å². The first kappa shape index (κ1) is 72.5. The zero-order valence-corrected chi connectivity index (χ0v) is 54.8. The first-order valence-corrected chi connectivity index (χ1v) is 32.9. The first-order valence-electron chi connectivity index (χ1n) is 31.6. The third kappa shape index (κ3) is 16.3. The number of phenols is 2. The second-order valence-electron chi connectivity index (χ2n) is 24.8. The van der Waals surface area contributed by atoms with E-state index in [2.05, 4.69) is 20.2 Å². The molecule has 0 spiro atoms. The Balaban J connectivity index is 0.788. The maximum absolute atomic E-state index is 14.5. The SMILES string of the molecule is COc1cccc2c1C(=O)c1c(O)c3c(c(O)c1C2=O)C[C@@](O)(C(=O)NCC[N+](C)(C)Cc1ccc(OS(=O)(=O)Oc2cc(C(=O)CCCOCCOCCOCCN=[N+]=[N-])ccc2OC2O[C@H](CO)[C@H](O)[C@H](O)[C@H]2O)cc1)C[C@@H]3O[C@H]1C[C@H]2[C@H](O[C@@H]3[C@@H](OC)OCCN32)[C@H](C)O1. The number of hydrogen-bond donors (Lipinski definition) is 8. The van der Waals surface area contributed by atoms with Gasteiger partial charge in [-0.1, -0.05) is 17.2 Å². The number of benzene rings is 4. The molecule has 4 aliphatic heterocycles. The quantitative estimate of drug-likeness (QED) is 0.00596. The normalized spacial score (nSPS) is 26.9. The molecule has 0 bridgehead atoms. The van der Waals surface area contributed by atoms with Crippen LogP contribution in [-0.4, -0.2) is 258 Å². The zero-order valence-electron chi connectivity index (χ0n) is 54.0. The Morgan fingerprint density at radius 1 is 0.845 bits per heavy atom. The second-order valence-corrected chi connectivity index (χ2v) is 25.9. The predicted molar refractivity (Wildman–Crippen MR) is 333 cm³/mol. The Hall–Kier alpha value is -7.22. The lowest BCUT2D eigenvalue weighted by atomic mass is 9.72. The summed E-state index contributed by atoms with van der Waals surface area (Å²) in [5.74, 6) is -5.47. The average Bonchev–Trinajstić information content (AvgIpc) is 0.877. The Morgan fingerprint density at radius 3 is 2.28 bits per heavy atom. The van der Waals surface area contributed by atoms with Crippen LogP contribution in [0.15, 0.2) is 65.8 Å². The number of fused-ring (bicyclic) bond motifs is 6. The monoisotopic (exact) mass is 1380 g/mol. The van der Waals surface area contributed by atoms with Crippen molar-refractivity contribution in [3.05, 3.63) is 116 Å². The molecule has 0 saturated carbocycles. The molecule has 4 aromatic rings. The number of quaternary nitrogens is 1. The molecular formula is C64H81N6O26S+. The molecule has 32 nitrogen and oxygen atoms in total. The minimum atomic E-state index is -5.06. The number of ether oxygens (including phenoxy) is 11. The summed E-state index contributed by atoms with van der Waals surface area (Å²) in [6.07, 6.45) is -14.0. The molecular weight excluding hydrogens is 1300 g/mol. The van der Waals surface area contributed by atoms with Crippen LogP contribution in [0.25, 0.3) is 10.4 Å². The summed E-state index contributed by atoms with van der Waals surface area (Å²) in [6.45, 7) is 4.10.